The van der Waals surface area contributed by atoms with Crippen molar-refractivity contribution in [3.8, 4) is 0 Å². The highest BCUT2D eigenvalue weighted by Crippen LogP contribution is 2.39. The van der Waals surface area contributed by atoms with E-state index in [4.69, 9.17) is 5.11 Å². The third kappa shape index (κ3) is 3.14. The summed E-state index contributed by atoms with van der Waals surface area (Å²) in [4.78, 5) is 10.9. The van der Waals surface area contributed by atoms with E-state index in [1.54, 1.807) is 0 Å². The van der Waals surface area contributed by atoms with Crippen molar-refractivity contribution < 1.29 is 18.3 Å². The van der Waals surface area contributed by atoms with Gasteiger partial charge in [-0.2, -0.15) is 4.31 Å². The van der Waals surface area contributed by atoms with Crippen LogP contribution in [-0.2, 0) is 10.0 Å². The molecule has 1 saturated heterocycles. The molecule has 7 heteroatoms. The van der Waals surface area contributed by atoms with Crippen molar-refractivity contribution in [2.75, 3.05) is 13.1 Å². The molecule has 0 amide bonds. The summed E-state index contributed by atoms with van der Waals surface area (Å²) in [6.45, 7) is 5.35. The standard InChI is InChI=1S/C14H21NO4S2/c1-3-14(4-2)5-7-15(8-6-14)21(18,19)12-9-11(10-20-12)13(16)17/h9-10H,3-8H2,1-2H3,(H,16,17). The maximum atomic E-state index is 12.6. The van der Waals surface area contributed by atoms with Crippen LogP contribution in [0.2, 0.25) is 0 Å². The van der Waals surface area contributed by atoms with Gasteiger partial charge in [0.05, 0.1) is 5.56 Å². The Bertz CT molecular complexity index is 607. The van der Waals surface area contributed by atoms with Crippen molar-refractivity contribution in [1.29, 1.82) is 0 Å². The van der Waals surface area contributed by atoms with E-state index in [1.807, 2.05) is 0 Å². The Balaban J connectivity index is 2.16. The van der Waals surface area contributed by atoms with Crippen molar-refractivity contribution in [2.24, 2.45) is 5.41 Å². The molecule has 1 fully saturated rings. The third-order valence-corrected chi connectivity index (χ3v) is 8.01. The largest absolute Gasteiger partial charge is 0.478 e. The summed E-state index contributed by atoms with van der Waals surface area (Å²) < 4.78 is 26.7. The molecule has 1 aliphatic rings. The molecule has 2 rings (SSSR count). The minimum Gasteiger partial charge on any atom is -0.478 e. The van der Waals surface area contributed by atoms with Gasteiger partial charge in [0, 0.05) is 18.5 Å². The number of thiophene rings is 1. The van der Waals surface area contributed by atoms with Crippen LogP contribution >= 0.6 is 11.3 Å². The minimum absolute atomic E-state index is 0.0343. The van der Waals surface area contributed by atoms with Crippen molar-refractivity contribution in [3.63, 3.8) is 0 Å². The maximum Gasteiger partial charge on any atom is 0.336 e. The summed E-state index contributed by atoms with van der Waals surface area (Å²) in [7, 11) is -3.55. The maximum absolute atomic E-state index is 12.6. The van der Waals surface area contributed by atoms with Gasteiger partial charge in [-0.1, -0.05) is 26.7 Å². The predicted octanol–water partition coefficient (Wildman–Crippen LogP) is 3.04. The van der Waals surface area contributed by atoms with Gasteiger partial charge in [0.15, 0.2) is 0 Å². The SMILES string of the molecule is CCC1(CC)CCN(S(=O)(=O)c2cc(C(=O)O)cs2)CC1. The summed E-state index contributed by atoms with van der Waals surface area (Å²) in [6.07, 6.45) is 3.88. The highest BCUT2D eigenvalue weighted by Gasteiger charge is 2.36. The van der Waals surface area contributed by atoms with Gasteiger partial charge in [0.25, 0.3) is 10.0 Å². The molecule has 1 N–H and O–H groups in total. The van der Waals surface area contributed by atoms with Crippen LogP contribution in [-0.4, -0.2) is 36.9 Å². The van der Waals surface area contributed by atoms with Crippen LogP contribution in [0.15, 0.2) is 15.7 Å². The van der Waals surface area contributed by atoms with E-state index in [0.717, 1.165) is 37.0 Å². The lowest BCUT2D eigenvalue weighted by Gasteiger charge is -2.40. The molecule has 2 heterocycles. The zero-order valence-corrected chi connectivity index (χ0v) is 14.0. The van der Waals surface area contributed by atoms with E-state index in [-0.39, 0.29) is 15.2 Å². The van der Waals surface area contributed by atoms with E-state index in [2.05, 4.69) is 13.8 Å². The lowest BCUT2D eigenvalue weighted by Crippen LogP contribution is -2.42. The molecule has 5 nitrogen and oxygen atoms in total. The number of carboxylic acids is 1. The number of nitrogens with zero attached hydrogens (tertiary/aromatic N) is 1. The molecule has 118 valence electrons. The van der Waals surface area contributed by atoms with E-state index < -0.39 is 16.0 Å². The van der Waals surface area contributed by atoms with Gasteiger partial charge in [-0.15, -0.1) is 11.3 Å². The van der Waals surface area contributed by atoms with Crippen molar-refractivity contribution in [1.82, 2.24) is 4.31 Å². The van der Waals surface area contributed by atoms with E-state index in [0.29, 0.717) is 13.1 Å². The average Bonchev–Trinajstić information content (AvgIpc) is 2.98. The molecule has 21 heavy (non-hydrogen) atoms. The summed E-state index contributed by atoms with van der Waals surface area (Å²) in [5.41, 5.74) is 0.292. The van der Waals surface area contributed by atoms with Crippen LogP contribution in [0.5, 0.6) is 0 Å². The van der Waals surface area contributed by atoms with Crippen LogP contribution < -0.4 is 0 Å². The predicted molar refractivity (Wildman–Crippen MR) is 82.3 cm³/mol. The number of piperidine rings is 1. The Hall–Kier alpha value is -0.920. The summed E-state index contributed by atoms with van der Waals surface area (Å²) >= 11 is 0.979. The Kier molecular flexibility index (Phi) is 4.75. The molecular formula is C14H21NO4S2. The highest BCUT2D eigenvalue weighted by atomic mass is 32.2. The molecule has 0 unspecified atom stereocenters. The van der Waals surface area contributed by atoms with Gasteiger partial charge in [0.1, 0.15) is 4.21 Å². The summed E-state index contributed by atoms with van der Waals surface area (Å²) in [5, 5.41) is 10.3. The second kappa shape index (κ2) is 6.06. The first-order valence-electron chi connectivity index (χ1n) is 7.16. The van der Waals surface area contributed by atoms with Crippen LogP contribution in [0, 0.1) is 5.41 Å². The number of sulfonamides is 1. The first kappa shape index (κ1) is 16.5. The Morgan fingerprint density at radius 1 is 1.33 bits per heavy atom. The molecule has 1 aliphatic heterocycles. The topological polar surface area (TPSA) is 74.7 Å². The van der Waals surface area contributed by atoms with Gasteiger partial charge >= 0.3 is 5.97 Å². The molecule has 0 atom stereocenters. The van der Waals surface area contributed by atoms with Crippen molar-refractivity contribution in [2.45, 2.75) is 43.7 Å². The quantitative estimate of drug-likeness (QED) is 0.900. The van der Waals surface area contributed by atoms with Crippen LogP contribution in [0.25, 0.3) is 0 Å². The van der Waals surface area contributed by atoms with Crippen LogP contribution in [0.4, 0.5) is 0 Å². The number of carbonyl (C=O) groups is 1. The molecule has 0 bridgehead atoms. The normalized spacial score (nSPS) is 19.5. The second-order valence-corrected chi connectivity index (χ2v) is 8.65. The lowest BCUT2D eigenvalue weighted by atomic mass is 9.75. The Morgan fingerprint density at radius 2 is 1.90 bits per heavy atom. The van der Waals surface area contributed by atoms with Crippen LogP contribution in [0.3, 0.4) is 0 Å². The van der Waals surface area contributed by atoms with E-state index in [1.165, 1.54) is 15.8 Å². The molecular weight excluding hydrogens is 310 g/mol. The average molecular weight is 331 g/mol. The lowest BCUT2D eigenvalue weighted by molar-refractivity contribution is 0.0697. The van der Waals surface area contributed by atoms with E-state index >= 15 is 0 Å². The fourth-order valence-electron chi connectivity index (χ4n) is 2.85. The first-order chi connectivity index (χ1) is 9.84. The van der Waals surface area contributed by atoms with Crippen molar-refractivity contribution in [3.05, 3.63) is 17.0 Å². The molecule has 1 aromatic heterocycles. The van der Waals surface area contributed by atoms with Crippen LogP contribution in [0.1, 0.15) is 49.9 Å². The van der Waals surface area contributed by atoms with Gasteiger partial charge in [-0.05, 0) is 24.3 Å². The zero-order valence-electron chi connectivity index (χ0n) is 12.3. The number of hydrogen-bond acceptors (Lipinski definition) is 4. The third-order valence-electron chi connectivity index (χ3n) is 4.70. The highest BCUT2D eigenvalue weighted by molar-refractivity contribution is 7.91. The smallest absolute Gasteiger partial charge is 0.336 e. The zero-order chi connectivity index (χ0) is 15.7. The van der Waals surface area contributed by atoms with Crippen molar-refractivity contribution >= 4 is 27.3 Å². The van der Waals surface area contributed by atoms with Gasteiger partial charge in [-0.3, -0.25) is 0 Å². The van der Waals surface area contributed by atoms with Gasteiger partial charge < -0.3 is 5.11 Å². The Labute approximate surface area is 129 Å². The fourth-order valence-corrected chi connectivity index (χ4v) is 5.60. The van der Waals surface area contributed by atoms with Gasteiger partial charge in [-0.25, -0.2) is 13.2 Å². The van der Waals surface area contributed by atoms with Gasteiger partial charge in [0.2, 0.25) is 0 Å². The second-order valence-electron chi connectivity index (χ2n) is 5.57. The molecule has 1 aromatic rings. The monoisotopic (exact) mass is 331 g/mol. The molecule has 0 saturated carbocycles. The number of aromatic carboxylic acids is 1. The Morgan fingerprint density at radius 3 is 2.33 bits per heavy atom. The number of carboxylic acid groups (broad SMARTS) is 1. The minimum atomic E-state index is -3.55. The number of hydrogen-bond donors (Lipinski definition) is 1. The fraction of sp³-hybridized carbons (Fsp3) is 0.643. The summed E-state index contributed by atoms with van der Waals surface area (Å²) in [6, 6.07) is 1.25. The molecule has 0 spiro atoms. The summed E-state index contributed by atoms with van der Waals surface area (Å²) in [5.74, 6) is -1.10. The molecule has 0 radical (unpaired) electrons. The molecule has 0 aromatic carbocycles. The first-order valence-corrected chi connectivity index (χ1v) is 9.48. The number of rotatable bonds is 5. The molecule has 0 aliphatic carbocycles. The van der Waals surface area contributed by atoms with E-state index in [9.17, 15) is 13.2 Å².